The fourth-order valence-electron chi connectivity index (χ4n) is 2.91. The molecule has 0 aliphatic carbocycles. The number of rotatable bonds is 2. The molecule has 3 nitrogen and oxygen atoms in total. The van der Waals surface area contributed by atoms with Crippen LogP contribution >= 0.6 is 0 Å². The summed E-state index contributed by atoms with van der Waals surface area (Å²) in [7, 11) is 2.05. The van der Waals surface area contributed by atoms with Gasteiger partial charge in [0.15, 0.2) is 5.78 Å². The van der Waals surface area contributed by atoms with E-state index >= 15 is 0 Å². The van der Waals surface area contributed by atoms with Crippen LogP contribution in [0.3, 0.4) is 0 Å². The number of likely N-dealkylation sites (N-methyl/N-ethyl adjacent to an activating group) is 1. The van der Waals surface area contributed by atoms with Gasteiger partial charge in [0, 0.05) is 48.0 Å². The van der Waals surface area contributed by atoms with Gasteiger partial charge in [0.2, 0.25) is 0 Å². The summed E-state index contributed by atoms with van der Waals surface area (Å²) >= 11 is 0. The molecule has 1 aliphatic rings. The number of carbonyl (C=O) groups is 1. The molecule has 1 aliphatic heterocycles. The minimum atomic E-state index is 0.0910. The molecule has 1 aromatic heterocycles. The van der Waals surface area contributed by atoms with E-state index < -0.39 is 0 Å². The number of nitrogens with zero attached hydrogens (tertiary/aromatic N) is 1. The van der Waals surface area contributed by atoms with Crippen LogP contribution in [0, 0.1) is 0 Å². The lowest BCUT2D eigenvalue weighted by Gasteiger charge is -2.17. The zero-order chi connectivity index (χ0) is 14.8. The monoisotopic (exact) mass is 280 g/mol. The summed E-state index contributed by atoms with van der Waals surface area (Å²) in [5.74, 6) is 0.0910. The SMILES string of the molecule is CC(=O)C=C1C=C(c2c[nH]c3ccccc23)CCCN1C. The van der Waals surface area contributed by atoms with Crippen molar-refractivity contribution in [1.29, 1.82) is 0 Å². The Morgan fingerprint density at radius 2 is 2.14 bits per heavy atom. The van der Waals surface area contributed by atoms with Crippen LogP contribution in [0.2, 0.25) is 0 Å². The summed E-state index contributed by atoms with van der Waals surface area (Å²) in [5.41, 5.74) is 4.70. The molecule has 0 saturated carbocycles. The van der Waals surface area contributed by atoms with E-state index in [1.807, 2.05) is 13.1 Å². The van der Waals surface area contributed by atoms with Crippen LogP contribution in [0.15, 0.2) is 48.3 Å². The molecular formula is C18H20N2O. The van der Waals surface area contributed by atoms with Gasteiger partial charge in [-0.1, -0.05) is 18.2 Å². The largest absolute Gasteiger partial charge is 0.374 e. The molecule has 3 rings (SSSR count). The third kappa shape index (κ3) is 2.77. The number of aromatic nitrogens is 1. The lowest BCUT2D eigenvalue weighted by atomic mass is 10.00. The van der Waals surface area contributed by atoms with Gasteiger partial charge in [-0.15, -0.1) is 0 Å². The highest BCUT2D eigenvalue weighted by Crippen LogP contribution is 2.31. The summed E-state index contributed by atoms with van der Waals surface area (Å²) < 4.78 is 0. The number of fused-ring (bicyclic) bond motifs is 1. The zero-order valence-corrected chi connectivity index (χ0v) is 12.5. The number of hydrogen-bond donors (Lipinski definition) is 1. The van der Waals surface area contributed by atoms with E-state index in [0.717, 1.165) is 30.6 Å². The summed E-state index contributed by atoms with van der Waals surface area (Å²) in [6.45, 7) is 2.58. The van der Waals surface area contributed by atoms with Crippen LogP contribution < -0.4 is 0 Å². The van der Waals surface area contributed by atoms with Gasteiger partial charge in [-0.3, -0.25) is 4.79 Å². The molecular weight excluding hydrogens is 260 g/mol. The average Bonchev–Trinajstić information content (AvgIpc) is 2.80. The van der Waals surface area contributed by atoms with Crippen molar-refractivity contribution in [3.8, 4) is 0 Å². The number of hydrogen-bond acceptors (Lipinski definition) is 2. The maximum atomic E-state index is 11.4. The smallest absolute Gasteiger partial charge is 0.154 e. The minimum Gasteiger partial charge on any atom is -0.374 e. The number of carbonyl (C=O) groups excluding carboxylic acids is 1. The number of benzene rings is 1. The Morgan fingerprint density at radius 1 is 1.33 bits per heavy atom. The molecule has 1 N–H and O–H groups in total. The number of nitrogens with one attached hydrogen (secondary N) is 1. The van der Waals surface area contributed by atoms with Crippen molar-refractivity contribution >= 4 is 22.3 Å². The standard InChI is InChI=1S/C18H20N2O/c1-13(21)10-15-11-14(6-5-9-20(15)2)17-12-19-18-8-4-3-7-16(17)18/h3-4,7-8,10-12,19H,5-6,9H2,1-2H3. The first-order valence-corrected chi connectivity index (χ1v) is 7.35. The minimum absolute atomic E-state index is 0.0910. The van der Waals surface area contributed by atoms with E-state index in [0.29, 0.717) is 0 Å². The van der Waals surface area contributed by atoms with E-state index in [9.17, 15) is 4.79 Å². The van der Waals surface area contributed by atoms with Crippen LogP contribution in [0.5, 0.6) is 0 Å². The highest BCUT2D eigenvalue weighted by atomic mass is 16.1. The summed E-state index contributed by atoms with van der Waals surface area (Å²) in [6, 6.07) is 8.34. The van der Waals surface area contributed by atoms with E-state index in [4.69, 9.17) is 0 Å². The highest BCUT2D eigenvalue weighted by Gasteiger charge is 2.14. The maximum Gasteiger partial charge on any atom is 0.154 e. The summed E-state index contributed by atoms with van der Waals surface area (Å²) in [6.07, 6.45) is 8.08. The predicted molar refractivity (Wildman–Crippen MR) is 86.9 cm³/mol. The number of aromatic amines is 1. The fourth-order valence-corrected chi connectivity index (χ4v) is 2.91. The first-order chi connectivity index (χ1) is 10.1. The molecule has 2 aromatic rings. The van der Waals surface area contributed by atoms with E-state index in [2.05, 4.69) is 40.4 Å². The Hall–Kier alpha value is -2.29. The second kappa shape index (κ2) is 5.60. The molecule has 0 atom stereocenters. The molecule has 0 unspecified atom stereocenters. The molecule has 0 saturated heterocycles. The summed E-state index contributed by atoms with van der Waals surface area (Å²) in [5, 5.41) is 1.25. The molecule has 0 bridgehead atoms. The first kappa shape index (κ1) is 13.7. The predicted octanol–water partition coefficient (Wildman–Crippen LogP) is 3.75. The van der Waals surface area contributed by atoms with Gasteiger partial charge in [-0.05, 0) is 37.5 Å². The summed E-state index contributed by atoms with van der Waals surface area (Å²) in [4.78, 5) is 16.9. The molecule has 0 amide bonds. The van der Waals surface area contributed by atoms with Crippen LogP contribution in [0.1, 0.15) is 25.3 Å². The van der Waals surface area contributed by atoms with Crippen LogP contribution in [-0.4, -0.2) is 29.3 Å². The number of allylic oxidation sites excluding steroid dienone is 3. The van der Waals surface area contributed by atoms with Crippen LogP contribution in [0.4, 0.5) is 0 Å². The molecule has 21 heavy (non-hydrogen) atoms. The third-order valence-electron chi connectivity index (χ3n) is 3.99. The topological polar surface area (TPSA) is 36.1 Å². The Balaban J connectivity index is 2.09. The van der Waals surface area contributed by atoms with Crippen molar-refractivity contribution in [2.45, 2.75) is 19.8 Å². The lowest BCUT2D eigenvalue weighted by molar-refractivity contribution is -0.112. The highest BCUT2D eigenvalue weighted by molar-refractivity contribution is 5.94. The molecule has 2 heterocycles. The fraction of sp³-hybridized carbons (Fsp3) is 0.278. The molecule has 0 fully saturated rings. The van der Waals surface area contributed by atoms with Crippen LogP contribution in [0.25, 0.3) is 16.5 Å². The Labute approximate surface area is 125 Å². The van der Waals surface area contributed by atoms with Crippen molar-refractivity contribution in [1.82, 2.24) is 9.88 Å². The molecule has 0 radical (unpaired) electrons. The van der Waals surface area contributed by atoms with Gasteiger partial charge in [0.05, 0.1) is 0 Å². The molecule has 108 valence electrons. The quantitative estimate of drug-likeness (QED) is 0.850. The average molecular weight is 280 g/mol. The van der Waals surface area contributed by atoms with Gasteiger partial charge in [0.1, 0.15) is 0 Å². The van der Waals surface area contributed by atoms with Gasteiger partial charge >= 0.3 is 0 Å². The van der Waals surface area contributed by atoms with Crippen molar-refractivity contribution in [3.05, 3.63) is 53.9 Å². The van der Waals surface area contributed by atoms with Gasteiger partial charge in [-0.2, -0.15) is 0 Å². The Morgan fingerprint density at radius 3 is 2.95 bits per heavy atom. The second-order valence-electron chi connectivity index (χ2n) is 5.62. The second-order valence-corrected chi connectivity index (χ2v) is 5.62. The van der Waals surface area contributed by atoms with E-state index in [1.165, 1.54) is 16.5 Å². The Bertz CT molecular complexity index is 737. The maximum absolute atomic E-state index is 11.4. The van der Waals surface area contributed by atoms with Gasteiger partial charge < -0.3 is 9.88 Å². The van der Waals surface area contributed by atoms with Crippen molar-refractivity contribution in [2.24, 2.45) is 0 Å². The van der Waals surface area contributed by atoms with Crippen molar-refractivity contribution in [3.63, 3.8) is 0 Å². The van der Waals surface area contributed by atoms with E-state index in [1.54, 1.807) is 13.0 Å². The van der Waals surface area contributed by atoms with E-state index in [-0.39, 0.29) is 5.78 Å². The van der Waals surface area contributed by atoms with Gasteiger partial charge in [-0.25, -0.2) is 0 Å². The molecule has 1 aromatic carbocycles. The zero-order valence-electron chi connectivity index (χ0n) is 12.5. The molecule has 0 spiro atoms. The van der Waals surface area contributed by atoms with Crippen molar-refractivity contribution in [2.75, 3.05) is 13.6 Å². The molecule has 3 heteroatoms. The normalized spacial score (nSPS) is 17.9. The Kier molecular flexibility index (Phi) is 3.65. The number of para-hydroxylation sites is 1. The first-order valence-electron chi connectivity index (χ1n) is 7.35. The number of H-pyrrole nitrogens is 1. The number of ketones is 1. The van der Waals surface area contributed by atoms with Crippen LogP contribution in [-0.2, 0) is 4.79 Å². The lowest BCUT2D eigenvalue weighted by Crippen LogP contribution is -2.17. The van der Waals surface area contributed by atoms with Crippen molar-refractivity contribution < 1.29 is 4.79 Å². The van der Waals surface area contributed by atoms with Gasteiger partial charge in [0.25, 0.3) is 0 Å². The third-order valence-corrected chi connectivity index (χ3v) is 3.99.